The first kappa shape index (κ1) is 19.2. The number of methoxy groups -OCH3 is 1. The lowest BCUT2D eigenvalue weighted by atomic mass is 9.69. The molecule has 8 heteroatoms. The zero-order valence-corrected chi connectivity index (χ0v) is 17.0. The van der Waals surface area contributed by atoms with Gasteiger partial charge in [0.05, 0.1) is 25.6 Å². The number of nitrogens with zero attached hydrogens (tertiary/aromatic N) is 2. The largest absolute Gasteiger partial charge is 0.497 e. The lowest BCUT2D eigenvalue weighted by Gasteiger charge is -2.47. The third kappa shape index (κ3) is 2.72. The topological polar surface area (TPSA) is 98.0 Å². The molecule has 0 amide bonds. The predicted molar refractivity (Wildman–Crippen MR) is 102 cm³/mol. The van der Waals surface area contributed by atoms with Crippen LogP contribution in [0.15, 0.2) is 29.4 Å². The summed E-state index contributed by atoms with van der Waals surface area (Å²) in [7, 11) is -2.43. The number of benzene rings is 1. The molecule has 3 fully saturated rings. The van der Waals surface area contributed by atoms with Crippen LogP contribution in [-0.4, -0.2) is 39.7 Å². The van der Waals surface area contributed by atoms with Gasteiger partial charge in [0.2, 0.25) is 0 Å². The van der Waals surface area contributed by atoms with Crippen LogP contribution in [0.1, 0.15) is 32.3 Å². The van der Waals surface area contributed by atoms with E-state index in [9.17, 15) is 13.7 Å². The average molecular weight is 404 g/mol. The molecule has 1 aromatic carbocycles. The van der Waals surface area contributed by atoms with E-state index in [1.165, 1.54) is 7.11 Å². The minimum absolute atomic E-state index is 0.0272. The summed E-state index contributed by atoms with van der Waals surface area (Å²) in [4.78, 5) is 0. The first-order chi connectivity index (χ1) is 13.2. The van der Waals surface area contributed by atoms with Crippen molar-refractivity contribution in [3.63, 3.8) is 0 Å². The fourth-order valence-electron chi connectivity index (χ4n) is 5.59. The van der Waals surface area contributed by atoms with Crippen LogP contribution in [0.5, 0.6) is 5.75 Å². The molecule has 4 rings (SSSR count). The van der Waals surface area contributed by atoms with E-state index in [2.05, 4.69) is 19.0 Å². The van der Waals surface area contributed by atoms with Gasteiger partial charge in [-0.1, -0.05) is 19.0 Å². The molecule has 150 valence electrons. The summed E-state index contributed by atoms with van der Waals surface area (Å²) in [5.74, 6) is 1.41. The summed E-state index contributed by atoms with van der Waals surface area (Å²) >= 11 is 0. The number of fused-ring (bicyclic) bond motifs is 5. The van der Waals surface area contributed by atoms with Gasteiger partial charge in [-0.3, -0.25) is 4.28 Å². The number of nitriles is 1. The monoisotopic (exact) mass is 404 g/mol. The van der Waals surface area contributed by atoms with Gasteiger partial charge >= 0.3 is 10.1 Å². The van der Waals surface area contributed by atoms with E-state index >= 15 is 0 Å². The van der Waals surface area contributed by atoms with Crippen LogP contribution in [0.3, 0.4) is 0 Å². The first-order valence-corrected chi connectivity index (χ1v) is 11.0. The van der Waals surface area contributed by atoms with Crippen molar-refractivity contribution in [3.8, 4) is 11.8 Å². The molecule has 2 bridgehead atoms. The fourth-order valence-corrected chi connectivity index (χ4v) is 7.14. The van der Waals surface area contributed by atoms with Gasteiger partial charge in [-0.15, -0.1) is 0 Å². The van der Waals surface area contributed by atoms with Crippen molar-refractivity contribution < 1.29 is 22.2 Å². The van der Waals surface area contributed by atoms with Gasteiger partial charge in [0, 0.05) is 16.9 Å². The number of ether oxygens (including phenoxy) is 2. The van der Waals surface area contributed by atoms with Gasteiger partial charge in [-0.2, -0.15) is 13.7 Å². The Morgan fingerprint density at radius 1 is 1.36 bits per heavy atom. The van der Waals surface area contributed by atoms with Crippen LogP contribution in [0.2, 0.25) is 0 Å². The lowest BCUT2D eigenvalue weighted by molar-refractivity contribution is -0.166. The smallest absolute Gasteiger partial charge is 0.329 e. The molecule has 0 radical (unpaired) electrons. The Hall–Kier alpha value is -2.11. The molecular formula is C20H24N2O5S. The third-order valence-electron chi connectivity index (χ3n) is 7.18. The van der Waals surface area contributed by atoms with Crippen molar-refractivity contribution in [1.29, 1.82) is 5.26 Å². The van der Waals surface area contributed by atoms with Crippen LogP contribution >= 0.6 is 0 Å². The molecule has 1 heterocycles. The van der Waals surface area contributed by atoms with Crippen molar-refractivity contribution in [2.45, 2.75) is 32.8 Å². The molecule has 0 N–H and O–H groups in total. The SMILES string of the molecule is COc1ccc(/C(C#N)=N/OS(=O)(=O)CC23CCC(C4COC42)C3(C)C)cc1. The van der Waals surface area contributed by atoms with Gasteiger partial charge in [0.15, 0.2) is 5.71 Å². The Morgan fingerprint density at radius 2 is 2.07 bits per heavy atom. The summed E-state index contributed by atoms with van der Waals surface area (Å²) in [5.41, 5.74) is -0.229. The molecule has 4 atom stereocenters. The summed E-state index contributed by atoms with van der Waals surface area (Å²) in [6.07, 6.45) is 1.80. The number of hydrogen-bond acceptors (Lipinski definition) is 7. The summed E-state index contributed by atoms with van der Waals surface area (Å²) in [5, 5.41) is 13.0. The lowest BCUT2D eigenvalue weighted by Crippen LogP contribution is -2.53. The van der Waals surface area contributed by atoms with Gasteiger partial charge < -0.3 is 9.47 Å². The van der Waals surface area contributed by atoms with Crippen LogP contribution in [-0.2, 0) is 19.1 Å². The molecule has 2 aliphatic carbocycles. The van der Waals surface area contributed by atoms with E-state index in [0.29, 0.717) is 23.1 Å². The minimum Gasteiger partial charge on any atom is -0.497 e. The highest BCUT2D eigenvalue weighted by molar-refractivity contribution is 7.86. The molecule has 4 unspecified atom stereocenters. The first-order valence-electron chi connectivity index (χ1n) is 9.39. The van der Waals surface area contributed by atoms with Gasteiger partial charge in [0.1, 0.15) is 11.8 Å². The fraction of sp³-hybridized carbons (Fsp3) is 0.600. The van der Waals surface area contributed by atoms with Crippen molar-refractivity contribution in [2.75, 3.05) is 19.5 Å². The Bertz CT molecular complexity index is 948. The van der Waals surface area contributed by atoms with E-state index in [1.54, 1.807) is 24.3 Å². The molecule has 0 aromatic heterocycles. The van der Waals surface area contributed by atoms with E-state index in [4.69, 9.17) is 13.8 Å². The number of rotatable bonds is 6. The molecule has 1 aliphatic heterocycles. The van der Waals surface area contributed by atoms with E-state index < -0.39 is 15.5 Å². The van der Waals surface area contributed by atoms with E-state index in [0.717, 1.165) is 19.4 Å². The average Bonchev–Trinajstić information content (AvgIpc) is 2.91. The molecule has 1 saturated heterocycles. The molecule has 1 aromatic rings. The normalized spacial score (nSPS) is 32.9. The van der Waals surface area contributed by atoms with Crippen LogP contribution in [0, 0.1) is 34.0 Å². The maximum Gasteiger partial charge on any atom is 0.329 e. The van der Waals surface area contributed by atoms with Crippen molar-refractivity contribution in [2.24, 2.45) is 27.8 Å². The zero-order valence-electron chi connectivity index (χ0n) is 16.2. The Morgan fingerprint density at radius 3 is 2.61 bits per heavy atom. The molecule has 28 heavy (non-hydrogen) atoms. The zero-order chi connectivity index (χ0) is 20.2. The van der Waals surface area contributed by atoms with Crippen LogP contribution in [0.4, 0.5) is 0 Å². The van der Waals surface area contributed by atoms with E-state index in [-0.39, 0.29) is 23.0 Å². The molecular weight excluding hydrogens is 380 g/mol. The second kappa shape index (κ2) is 6.46. The highest BCUT2D eigenvalue weighted by atomic mass is 32.2. The third-order valence-corrected chi connectivity index (χ3v) is 8.35. The number of oxime groups is 1. The second-order valence-corrected chi connectivity index (χ2v) is 10.1. The summed E-state index contributed by atoms with van der Waals surface area (Å²) < 4.78 is 41.4. The molecule has 0 spiro atoms. The van der Waals surface area contributed by atoms with Crippen molar-refractivity contribution >= 4 is 15.8 Å². The Kier molecular flexibility index (Phi) is 4.43. The second-order valence-electron chi connectivity index (χ2n) is 8.50. The van der Waals surface area contributed by atoms with Gasteiger partial charge in [-0.25, -0.2) is 0 Å². The quantitative estimate of drug-likeness (QED) is 0.534. The predicted octanol–water partition coefficient (Wildman–Crippen LogP) is 2.72. The molecule has 3 aliphatic rings. The summed E-state index contributed by atoms with van der Waals surface area (Å²) in [6, 6.07) is 8.49. The summed E-state index contributed by atoms with van der Waals surface area (Å²) in [6.45, 7) is 5.00. The maximum atomic E-state index is 12.8. The molecule has 2 saturated carbocycles. The Labute approximate surface area is 165 Å². The van der Waals surface area contributed by atoms with Gasteiger partial charge in [0.25, 0.3) is 0 Å². The van der Waals surface area contributed by atoms with Crippen LogP contribution < -0.4 is 4.74 Å². The van der Waals surface area contributed by atoms with Crippen molar-refractivity contribution in [3.05, 3.63) is 29.8 Å². The Balaban J connectivity index is 1.54. The van der Waals surface area contributed by atoms with E-state index in [1.807, 2.05) is 6.07 Å². The number of hydrogen-bond donors (Lipinski definition) is 0. The highest BCUT2D eigenvalue weighted by Gasteiger charge is 2.73. The highest BCUT2D eigenvalue weighted by Crippen LogP contribution is 2.71. The maximum absolute atomic E-state index is 12.8. The van der Waals surface area contributed by atoms with Crippen molar-refractivity contribution in [1.82, 2.24) is 0 Å². The standard InChI is InChI=1S/C20H24N2O5S/c1-19(2)16-8-9-20(19,18-15(16)11-26-18)12-28(23,24)27-22-17(10-21)13-4-6-14(25-3)7-5-13/h4-7,15-16,18H,8-9,11-12H2,1-3H3/b22-17+. The molecule has 7 nitrogen and oxygen atoms in total. The minimum atomic E-state index is -3.97. The van der Waals surface area contributed by atoms with Crippen LogP contribution in [0.25, 0.3) is 0 Å². The van der Waals surface area contributed by atoms with Gasteiger partial charge in [-0.05, 0) is 48.4 Å².